The molecule has 18 heavy (non-hydrogen) atoms. The lowest BCUT2D eigenvalue weighted by Crippen LogP contribution is -2.45. The van der Waals surface area contributed by atoms with E-state index in [0.717, 1.165) is 19.2 Å². The molecule has 0 radical (unpaired) electrons. The van der Waals surface area contributed by atoms with Gasteiger partial charge in [0.05, 0.1) is 6.61 Å². The Morgan fingerprint density at radius 2 is 1.94 bits per heavy atom. The SMILES string of the molecule is COCCN(C)CC1(CNC2CC2)CCCCC1. The van der Waals surface area contributed by atoms with Gasteiger partial charge in [-0.25, -0.2) is 0 Å². The lowest BCUT2D eigenvalue weighted by atomic mass is 9.73. The molecule has 0 aliphatic heterocycles. The topological polar surface area (TPSA) is 24.5 Å². The van der Waals surface area contributed by atoms with E-state index in [0.29, 0.717) is 5.41 Å². The third-order valence-corrected chi connectivity index (χ3v) is 4.54. The predicted molar refractivity (Wildman–Crippen MR) is 75.9 cm³/mol. The zero-order valence-corrected chi connectivity index (χ0v) is 12.2. The number of nitrogens with zero attached hydrogens (tertiary/aromatic N) is 1. The Bertz CT molecular complexity index is 235. The molecule has 3 heteroatoms. The first-order valence-electron chi connectivity index (χ1n) is 7.65. The zero-order chi connectivity index (χ0) is 12.8. The van der Waals surface area contributed by atoms with Crippen LogP contribution in [0.15, 0.2) is 0 Å². The predicted octanol–water partition coefficient (Wildman–Crippen LogP) is 2.27. The Kier molecular flexibility index (Phi) is 5.46. The molecule has 106 valence electrons. The highest BCUT2D eigenvalue weighted by Gasteiger charge is 2.34. The summed E-state index contributed by atoms with van der Waals surface area (Å²) < 4.78 is 5.19. The summed E-state index contributed by atoms with van der Waals surface area (Å²) in [4.78, 5) is 2.46. The van der Waals surface area contributed by atoms with E-state index in [-0.39, 0.29) is 0 Å². The third-order valence-electron chi connectivity index (χ3n) is 4.54. The quantitative estimate of drug-likeness (QED) is 0.719. The van der Waals surface area contributed by atoms with Gasteiger partial charge in [-0.2, -0.15) is 0 Å². The minimum Gasteiger partial charge on any atom is -0.383 e. The van der Waals surface area contributed by atoms with Crippen molar-refractivity contribution in [2.75, 3.05) is 40.4 Å². The maximum atomic E-state index is 5.19. The highest BCUT2D eigenvalue weighted by Crippen LogP contribution is 2.37. The molecule has 1 N–H and O–H groups in total. The smallest absolute Gasteiger partial charge is 0.0589 e. The number of likely N-dealkylation sites (N-methyl/N-ethyl adjacent to an activating group) is 1. The van der Waals surface area contributed by atoms with E-state index in [1.807, 2.05) is 0 Å². The third kappa shape index (κ3) is 4.52. The summed E-state index contributed by atoms with van der Waals surface area (Å²) in [6.45, 7) is 4.37. The Morgan fingerprint density at radius 3 is 2.56 bits per heavy atom. The second-order valence-corrected chi connectivity index (χ2v) is 6.45. The van der Waals surface area contributed by atoms with Crippen molar-refractivity contribution in [2.24, 2.45) is 5.41 Å². The molecular formula is C15H30N2O. The second kappa shape index (κ2) is 6.88. The average molecular weight is 254 g/mol. The molecule has 2 aliphatic carbocycles. The van der Waals surface area contributed by atoms with Crippen molar-refractivity contribution >= 4 is 0 Å². The van der Waals surface area contributed by atoms with Crippen molar-refractivity contribution in [3.63, 3.8) is 0 Å². The van der Waals surface area contributed by atoms with Crippen LogP contribution in [0, 0.1) is 5.41 Å². The van der Waals surface area contributed by atoms with Crippen LogP contribution in [0.1, 0.15) is 44.9 Å². The maximum absolute atomic E-state index is 5.19. The summed E-state index contributed by atoms with van der Waals surface area (Å²) in [5, 5.41) is 3.77. The van der Waals surface area contributed by atoms with Crippen LogP contribution in [-0.2, 0) is 4.74 Å². The van der Waals surface area contributed by atoms with Gasteiger partial charge in [-0.15, -0.1) is 0 Å². The van der Waals surface area contributed by atoms with Gasteiger partial charge in [0.1, 0.15) is 0 Å². The Hall–Kier alpha value is -0.120. The minimum absolute atomic E-state index is 0.531. The molecule has 2 aliphatic rings. The van der Waals surface area contributed by atoms with Crippen molar-refractivity contribution in [1.82, 2.24) is 10.2 Å². The van der Waals surface area contributed by atoms with Crippen LogP contribution >= 0.6 is 0 Å². The van der Waals surface area contributed by atoms with Crippen molar-refractivity contribution in [3.8, 4) is 0 Å². The van der Waals surface area contributed by atoms with Crippen LogP contribution in [0.3, 0.4) is 0 Å². The van der Waals surface area contributed by atoms with E-state index < -0.39 is 0 Å². The van der Waals surface area contributed by atoms with Crippen molar-refractivity contribution in [1.29, 1.82) is 0 Å². The summed E-state index contributed by atoms with van der Waals surface area (Å²) >= 11 is 0. The molecule has 0 heterocycles. The fourth-order valence-corrected chi connectivity index (χ4v) is 3.24. The van der Waals surface area contributed by atoms with E-state index in [9.17, 15) is 0 Å². The zero-order valence-electron chi connectivity index (χ0n) is 12.2. The van der Waals surface area contributed by atoms with Gasteiger partial charge in [-0.1, -0.05) is 19.3 Å². The van der Waals surface area contributed by atoms with Crippen LogP contribution in [0.4, 0.5) is 0 Å². The normalized spacial score (nSPS) is 23.5. The average Bonchev–Trinajstić information content (AvgIpc) is 3.19. The summed E-state index contributed by atoms with van der Waals surface area (Å²) in [6.07, 6.45) is 9.89. The van der Waals surface area contributed by atoms with Gasteiger partial charge in [0.25, 0.3) is 0 Å². The fourth-order valence-electron chi connectivity index (χ4n) is 3.24. The van der Waals surface area contributed by atoms with Crippen molar-refractivity contribution in [3.05, 3.63) is 0 Å². The van der Waals surface area contributed by atoms with Gasteiger partial charge in [-0.3, -0.25) is 0 Å². The van der Waals surface area contributed by atoms with Crippen LogP contribution in [-0.4, -0.2) is 51.3 Å². The molecule has 0 bridgehead atoms. The summed E-state index contributed by atoms with van der Waals surface area (Å²) in [6, 6.07) is 0.841. The van der Waals surface area contributed by atoms with Crippen molar-refractivity contribution < 1.29 is 4.74 Å². The van der Waals surface area contributed by atoms with E-state index in [4.69, 9.17) is 4.74 Å². The molecule has 0 unspecified atom stereocenters. The van der Waals surface area contributed by atoms with Crippen molar-refractivity contribution in [2.45, 2.75) is 51.0 Å². The Morgan fingerprint density at radius 1 is 1.22 bits per heavy atom. The molecule has 2 saturated carbocycles. The summed E-state index contributed by atoms with van der Waals surface area (Å²) in [5.41, 5.74) is 0.531. The highest BCUT2D eigenvalue weighted by atomic mass is 16.5. The first-order valence-corrected chi connectivity index (χ1v) is 7.65. The van der Waals surface area contributed by atoms with Gasteiger partial charge >= 0.3 is 0 Å². The van der Waals surface area contributed by atoms with Crippen LogP contribution < -0.4 is 5.32 Å². The minimum atomic E-state index is 0.531. The lowest BCUT2D eigenvalue weighted by molar-refractivity contribution is 0.0937. The number of nitrogens with one attached hydrogen (secondary N) is 1. The molecule has 0 atom stereocenters. The number of hydrogen-bond donors (Lipinski definition) is 1. The van der Waals surface area contributed by atoms with Gasteiger partial charge < -0.3 is 15.0 Å². The van der Waals surface area contributed by atoms with E-state index >= 15 is 0 Å². The van der Waals surface area contributed by atoms with E-state index in [1.165, 1.54) is 58.0 Å². The Balaban J connectivity index is 1.81. The number of hydrogen-bond acceptors (Lipinski definition) is 3. The largest absolute Gasteiger partial charge is 0.383 e. The molecule has 0 aromatic carbocycles. The van der Waals surface area contributed by atoms with Gasteiger partial charge in [0.15, 0.2) is 0 Å². The van der Waals surface area contributed by atoms with Crippen LogP contribution in [0.5, 0.6) is 0 Å². The number of methoxy groups -OCH3 is 1. The summed E-state index contributed by atoms with van der Waals surface area (Å²) in [5.74, 6) is 0. The molecule has 2 fully saturated rings. The van der Waals surface area contributed by atoms with Gasteiger partial charge in [-0.05, 0) is 38.1 Å². The van der Waals surface area contributed by atoms with Crippen LogP contribution in [0.25, 0.3) is 0 Å². The first-order chi connectivity index (χ1) is 8.74. The molecule has 2 rings (SSSR count). The number of ether oxygens (including phenoxy) is 1. The molecule has 0 amide bonds. The van der Waals surface area contributed by atoms with Gasteiger partial charge in [0.2, 0.25) is 0 Å². The standard InChI is InChI=1S/C15H30N2O/c1-17(10-11-18-2)13-15(8-4-3-5-9-15)12-16-14-6-7-14/h14,16H,3-13H2,1-2H3. The Labute approximate surface area is 112 Å². The molecule has 0 saturated heterocycles. The maximum Gasteiger partial charge on any atom is 0.0589 e. The second-order valence-electron chi connectivity index (χ2n) is 6.45. The molecule has 0 aromatic heterocycles. The molecule has 0 aromatic rings. The lowest BCUT2D eigenvalue weighted by Gasteiger charge is -2.40. The monoisotopic (exact) mass is 254 g/mol. The summed E-state index contributed by atoms with van der Waals surface area (Å²) in [7, 11) is 4.03. The fraction of sp³-hybridized carbons (Fsp3) is 1.00. The van der Waals surface area contributed by atoms with E-state index in [1.54, 1.807) is 7.11 Å². The molecular weight excluding hydrogens is 224 g/mol. The number of rotatable bonds is 8. The highest BCUT2D eigenvalue weighted by molar-refractivity contribution is 4.91. The van der Waals surface area contributed by atoms with E-state index in [2.05, 4.69) is 17.3 Å². The molecule has 0 spiro atoms. The first kappa shape index (κ1) is 14.3. The molecule has 3 nitrogen and oxygen atoms in total. The van der Waals surface area contributed by atoms with Gasteiger partial charge in [0, 0.05) is 32.8 Å². The van der Waals surface area contributed by atoms with Crippen LogP contribution in [0.2, 0.25) is 0 Å².